The maximum Gasteiger partial charge on any atom is 0.269 e. The summed E-state index contributed by atoms with van der Waals surface area (Å²) in [5.41, 5.74) is 3.02. The molecule has 0 saturated carbocycles. The Balaban J connectivity index is 1.59. The molecule has 1 aromatic heterocycles. The lowest BCUT2D eigenvalue weighted by atomic mass is 10.1. The molecule has 0 aliphatic rings. The van der Waals surface area contributed by atoms with E-state index in [1.54, 1.807) is 25.3 Å². The molecule has 0 bridgehead atoms. The van der Waals surface area contributed by atoms with Gasteiger partial charge in [-0.2, -0.15) is 0 Å². The van der Waals surface area contributed by atoms with Crippen LogP contribution in [0.15, 0.2) is 67.0 Å². The number of non-ortho nitro benzene ring substituents is 1. The first-order valence-electron chi connectivity index (χ1n) is 8.71. The second-order valence-electron chi connectivity index (χ2n) is 6.02. The predicted molar refractivity (Wildman–Crippen MR) is 108 cm³/mol. The molecule has 146 valence electrons. The van der Waals surface area contributed by atoms with Gasteiger partial charge in [0.2, 0.25) is 5.91 Å². The summed E-state index contributed by atoms with van der Waals surface area (Å²) in [6, 6.07) is 15.2. The summed E-state index contributed by atoms with van der Waals surface area (Å²) in [4.78, 5) is 30.6. The fourth-order valence-corrected chi connectivity index (χ4v) is 2.53. The van der Waals surface area contributed by atoms with E-state index in [-0.39, 0.29) is 18.1 Å². The molecule has 0 aliphatic carbocycles. The van der Waals surface area contributed by atoms with E-state index < -0.39 is 4.92 Å². The van der Waals surface area contributed by atoms with Gasteiger partial charge in [0.25, 0.3) is 5.69 Å². The number of nitrogens with one attached hydrogen (secondary N) is 1. The third-order valence-electron chi connectivity index (χ3n) is 4.08. The van der Waals surface area contributed by atoms with Crippen molar-refractivity contribution in [1.29, 1.82) is 0 Å². The monoisotopic (exact) mass is 390 g/mol. The molecule has 0 aliphatic heterocycles. The van der Waals surface area contributed by atoms with Gasteiger partial charge in [0.05, 0.1) is 30.0 Å². The van der Waals surface area contributed by atoms with Gasteiger partial charge in [0.15, 0.2) is 0 Å². The number of amides is 1. The minimum absolute atomic E-state index is 0.00280. The molecule has 0 saturated heterocycles. The highest BCUT2D eigenvalue weighted by Gasteiger charge is 2.05. The number of hydrogen-bond donors (Lipinski definition) is 1. The summed E-state index contributed by atoms with van der Waals surface area (Å²) in [5.74, 6) is 0.461. The molecule has 3 rings (SSSR count). The predicted octanol–water partition coefficient (Wildman–Crippen LogP) is 3.39. The number of hydrogen-bond acceptors (Lipinski definition) is 6. The van der Waals surface area contributed by atoms with E-state index in [9.17, 15) is 14.9 Å². The van der Waals surface area contributed by atoms with E-state index >= 15 is 0 Å². The van der Waals surface area contributed by atoms with Gasteiger partial charge in [-0.3, -0.25) is 14.9 Å². The van der Waals surface area contributed by atoms with Crippen molar-refractivity contribution in [2.24, 2.45) is 0 Å². The van der Waals surface area contributed by atoms with Gasteiger partial charge in [0, 0.05) is 23.8 Å². The van der Waals surface area contributed by atoms with Gasteiger partial charge in [-0.1, -0.05) is 0 Å². The lowest BCUT2D eigenvalue weighted by Crippen LogP contribution is -2.20. The topological polar surface area (TPSA) is 107 Å². The van der Waals surface area contributed by atoms with Crippen LogP contribution >= 0.6 is 0 Å². The third-order valence-corrected chi connectivity index (χ3v) is 4.08. The Kier molecular flexibility index (Phi) is 6.26. The van der Waals surface area contributed by atoms with Crippen LogP contribution in [0.3, 0.4) is 0 Å². The van der Waals surface area contributed by atoms with Gasteiger partial charge in [-0.05, 0) is 54.1 Å². The summed E-state index contributed by atoms with van der Waals surface area (Å²) in [6.45, 7) is 0.245. The molecule has 3 aromatic rings. The van der Waals surface area contributed by atoms with Gasteiger partial charge in [-0.15, -0.1) is 0 Å². The highest BCUT2D eigenvalue weighted by molar-refractivity contribution is 5.91. The van der Waals surface area contributed by atoms with Crippen molar-refractivity contribution in [3.05, 3.63) is 88.4 Å². The lowest BCUT2D eigenvalue weighted by molar-refractivity contribution is -0.384. The van der Waals surface area contributed by atoms with Crippen LogP contribution in [0.25, 0.3) is 17.3 Å². The number of nitrogens with zero attached hydrogens (tertiary/aromatic N) is 3. The normalized spacial score (nSPS) is 10.7. The first kappa shape index (κ1) is 19.7. The number of aromatic nitrogens is 2. The third kappa shape index (κ3) is 5.46. The van der Waals surface area contributed by atoms with Crippen LogP contribution in [-0.4, -0.2) is 27.9 Å². The number of benzene rings is 2. The number of carbonyl (C=O) groups excluding carboxylic acids is 1. The van der Waals surface area contributed by atoms with Crippen molar-refractivity contribution in [3.8, 4) is 17.0 Å². The summed E-state index contributed by atoms with van der Waals surface area (Å²) >= 11 is 0. The molecule has 8 heteroatoms. The van der Waals surface area contributed by atoms with Crippen molar-refractivity contribution in [2.45, 2.75) is 6.54 Å². The largest absolute Gasteiger partial charge is 0.497 e. The first-order valence-corrected chi connectivity index (χ1v) is 8.71. The van der Waals surface area contributed by atoms with Crippen molar-refractivity contribution in [3.63, 3.8) is 0 Å². The molecule has 0 atom stereocenters. The minimum Gasteiger partial charge on any atom is -0.497 e. The van der Waals surface area contributed by atoms with Crippen molar-refractivity contribution in [2.75, 3.05) is 7.11 Å². The Bertz CT molecular complexity index is 1030. The van der Waals surface area contributed by atoms with Gasteiger partial charge < -0.3 is 10.1 Å². The van der Waals surface area contributed by atoms with Crippen LogP contribution in [0, 0.1) is 10.1 Å². The Hall–Kier alpha value is -4.07. The molecule has 0 unspecified atom stereocenters. The van der Waals surface area contributed by atoms with E-state index in [1.165, 1.54) is 24.5 Å². The molecular weight excluding hydrogens is 372 g/mol. The zero-order valence-corrected chi connectivity index (χ0v) is 15.6. The summed E-state index contributed by atoms with van der Waals surface area (Å²) in [5, 5.41) is 13.4. The number of nitro groups is 1. The Morgan fingerprint density at radius 2 is 1.86 bits per heavy atom. The maximum absolute atomic E-state index is 12.0. The van der Waals surface area contributed by atoms with Crippen molar-refractivity contribution < 1.29 is 14.5 Å². The Morgan fingerprint density at radius 1 is 1.14 bits per heavy atom. The standard InChI is InChI=1S/C21H18N4O4/c1-29-19-9-5-16(6-10-19)20-12-17(23-14-24-20)13-22-21(26)11-4-15-2-7-18(8-3-15)25(27)28/h2-12,14H,13H2,1H3,(H,22,26)/b11-4+. The van der Waals surface area contributed by atoms with E-state index in [0.717, 1.165) is 17.0 Å². The van der Waals surface area contributed by atoms with Crippen LogP contribution in [0.1, 0.15) is 11.3 Å². The fourth-order valence-electron chi connectivity index (χ4n) is 2.53. The molecule has 0 radical (unpaired) electrons. The summed E-state index contributed by atoms with van der Waals surface area (Å²) < 4.78 is 5.15. The van der Waals surface area contributed by atoms with Crippen LogP contribution in [0.5, 0.6) is 5.75 Å². The van der Waals surface area contributed by atoms with E-state index in [0.29, 0.717) is 11.3 Å². The zero-order chi connectivity index (χ0) is 20.6. The van der Waals surface area contributed by atoms with Crippen molar-refractivity contribution in [1.82, 2.24) is 15.3 Å². The molecule has 29 heavy (non-hydrogen) atoms. The highest BCUT2D eigenvalue weighted by atomic mass is 16.6. The quantitative estimate of drug-likeness (QED) is 0.376. The van der Waals surface area contributed by atoms with Gasteiger partial charge in [-0.25, -0.2) is 9.97 Å². The highest BCUT2D eigenvalue weighted by Crippen LogP contribution is 2.20. The molecule has 8 nitrogen and oxygen atoms in total. The zero-order valence-electron chi connectivity index (χ0n) is 15.6. The van der Waals surface area contributed by atoms with Crippen LogP contribution < -0.4 is 10.1 Å². The Morgan fingerprint density at radius 3 is 2.52 bits per heavy atom. The van der Waals surface area contributed by atoms with E-state index in [1.807, 2.05) is 30.3 Å². The lowest BCUT2D eigenvalue weighted by Gasteiger charge is -2.06. The summed E-state index contributed by atoms with van der Waals surface area (Å²) in [7, 11) is 1.61. The summed E-state index contributed by atoms with van der Waals surface area (Å²) in [6.07, 6.45) is 4.41. The number of ether oxygens (including phenoxy) is 1. The average Bonchev–Trinajstić information content (AvgIpc) is 2.77. The van der Waals surface area contributed by atoms with Crippen LogP contribution in [0.2, 0.25) is 0 Å². The number of carbonyl (C=O) groups is 1. The van der Waals surface area contributed by atoms with E-state index in [4.69, 9.17) is 4.74 Å². The molecule has 1 heterocycles. The van der Waals surface area contributed by atoms with Gasteiger partial charge >= 0.3 is 0 Å². The average molecular weight is 390 g/mol. The van der Waals surface area contributed by atoms with Crippen LogP contribution in [0.4, 0.5) is 5.69 Å². The molecule has 0 fully saturated rings. The minimum atomic E-state index is -0.470. The molecule has 0 spiro atoms. The molecule has 1 N–H and O–H groups in total. The number of methoxy groups -OCH3 is 1. The smallest absolute Gasteiger partial charge is 0.269 e. The second-order valence-corrected chi connectivity index (χ2v) is 6.02. The van der Waals surface area contributed by atoms with Crippen LogP contribution in [-0.2, 0) is 11.3 Å². The molecular formula is C21H18N4O4. The van der Waals surface area contributed by atoms with Crippen molar-refractivity contribution >= 4 is 17.7 Å². The molecule has 2 aromatic carbocycles. The molecule has 1 amide bonds. The SMILES string of the molecule is COc1ccc(-c2cc(CNC(=O)/C=C/c3ccc([N+](=O)[O-])cc3)ncn2)cc1. The maximum atomic E-state index is 12.0. The fraction of sp³-hybridized carbons (Fsp3) is 0.0952. The first-order chi connectivity index (χ1) is 14.0. The number of rotatable bonds is 7. The number of nitro benzene ring substituents is 1. The van der Waals surface area contributed by atoms with E-state index in [2.05, 4.69) is 15.3 Å². The van der Waals surface area contributed by atoms with Gasteiger partial charge in [0.1, 0.15) is 12.1 Å². The Labute approximate surface area is 167 Å². The second kappa shape index (κ2) is 9.23.